The van der Waals surface area contributed by atoms with Crippen molar-refractivity contribution in [1.29, 1.82) is 0 Å². The second-order valence-corrected chi connectivity index (χ2v) is 5.21. The van der Waals surface area contributed by atoms with E-state index in [-0.39, 0.29) is 0 Å². The zero-order chi connectivity index (χ0) is 11.9. The molecule has 0 spiro atoms. The third kappa shape index (κ3) is 3.82. The fourth-order valence-electron chi connectivity index (χ4n) is 1.74. The molecule has 0 radical (unpaired) electrons. The highest BCUT2D eigenvalue weighted by molar-refractivity contribution is 7.99. The number of ether oxygens (including phenoxy) is 2. The number of hydrogen-bond acceptors (Lipinski definition) is 4. The quantitative estimate of drug-likeness (QED) is 0.816. The van der Waals surface area contributed by atoms with Crippen LogP contribution in [0.3, 0.4) is 0 Å². The summed E-state index contributed by atoms with van der Waals surface area (Å²) in [4.78, 5) is 0. The Hall–Kier alpha value is -0.870. The molecule has 0 aromatic heterocycles. The zero-order valence-corrected chi connectivity index (χ0v) is 10.8. The van der Waals surface area contributed by atoms with E-state index >= 15 is 0 Å². The van der Waals surface area contributed by atoms with Gasteiger partial charge >= 0.3 is 0 Å². The molecule has 0 saturated carbocycles. The molecule has 0 amide bonds. The maximum absolute atomic E-state index is 5.66. The van der Waals surface area contributed by atoms with E-state index in [1.165, 1.54) is 5.56 Å². The third-order valence-corrected chi connectivity index (χ3v) is 3.63. The number of thioether (sulfide) groups is 1. The van der Waals surface area contributed by atoms with Gasteiger partial charge in [0.05, 0.1) is 13.2 Å². The third-order valence-electron chi connectivity index (χ3n) is 2.61. The minimum Gasteiger partial charge on any atom is -0.490 e. The highest BCUT2D eigenvalue weighted by Crippen LogP contribution is 2.30. The summed E-state index contributed by atoms with van der Waals surface area (Å²) in [6, 6.07) is 6.24. The summed E-state index contributed by atoms with van der Waals surface area (Å²) >= 11 is 1.89. The lowest BCUT2D eigenvalue weighted by Crippen LogP contribution is -2.02. The van der Waals surface area contributed by atoms with Gasteiger partial charge in [-0.1, -0.05) is 6.07 Å². The average Bonchev–Trinajstić information content (AvgIpc) is 2.59. The molecule has 17 heavy (non-hydrogen) atoms. The van der Waals surface area contributed by atoms with Gasteiger partial charge in [0.15, 0.2) is 11.5 Å². The van der Waals surface area contributed by atoms with Crippen molar-refractivity contribution in [2.75, 3.05) is 31.3 Å². The molecule has 3 nitrogen and oxygen atoms in total. The van der Waals surface area contributed by atoms with Crippen molar-refractivity contribution < 1.29 is 9.47 Å². The minimum absolute atomic E-state index is 0.748. The Balaban J connectivity index is 1.93. The molecule has 0 atom stereocenters. The Morgan fingerprint density at radius 3 is 2.76 bits per heavy atom. The minimum atomic E-state index is 0.748. The van der Waals surface area contributed by atoms with E-state index in [0.29, 0.717) is 0 Å². The zero-order valence-electron chi connectivity index (χ0n) is 9.98. The molecule has 2 N–H and O–H groups in total. The molecule has 1 aromatic carbocycles. The molecule has 0 saturated heterocycles. The van der Waals surface area contributed by atoms with Gasteiger partial charge in [0.1, 0.15) is 0 Å². The standard InChI is InChI=1S/C13H19NO2S/c14-5-9-17-8-4-11-2-3-12-13(10-11)16-7-1-6-15-12/h2-3,10H,1,4-9,14H2. The van der Waals surface area contributed by atoms with E-state index in [2.05, 4.69) is 12.1 Å². The number of aryl methyl sites for hydroxylation is 1. The molecule has 2 rings (SSSR count). The fraction of sp³-hybridized carbons (Fsp3) is 0.538. The van der Waals surface area contributed by atoms with Crippen LogP contribution < -0.4 is 15.2 Å². The summed E-state index contributed by atoms with van der Waals surface area (Å²) < 4.78 is 11.3. The van der Waals surface area contributed by atoms with Gasteiger partial charge in [-0.15, -0.1) is 0 Å². The van der Waals surface area contributed by atoms with E-state index < -0.39 is 0 Å². The van der Waals surface area contributed by atoms with Crippen LogP contribution in [0.5, 0.6) is 11.5 Å². The molecular weight excluding hydrogens is 234 g/mol. The number of hydrogen-bond donors (Lipinski definition) is 1. The Kier molecular flexibility index (Phi) is 5.01. The molecule has 1 heterocycles. The summed E-state index contributed by atoms with van der Waals surface area (Å²) in [5, 5.41) is 0. The first-order valence-corrected chi connectivity index (χ1v) is 7.22. The number of benzene rings is 1. The van der Waals surface area contributed by atoms with Crippen molar-refractivity contribution in [3.8, 4) is 11.5 Å². The van der Waals surface area contributed by atoms with Crippen LogP contribution in [0.2, 0.25) is 0 Å². The summed E-state index contributed by atoms with van der Waals surface area (Å²) in [5.41, 5.74) is 6.76. The topological polar surface area (TPSA) is 44.5 Å². The Labute approximate surface area is 107 Å². The normalized spacial score (nSPS) is 14.4. The highest BCUT2D eigenvalue weighted by atomic mass is 32.2. The van der Waals surface area contributed by atoms with Crippen LogP contribution in [0.4, 0.5) is 0 Å². The first kappa shape index (κ1) is 12.6. The molecule has 1 aromatic rings. The van der Waals surface area contributed by atoms with Crippen LogP contribution in [-0.2, 0) is 6.42 Å². The van der Waals surface area contributed by atoms with Crippen molar-refractivity contribution in [1.82, 2.24) is 0 Å². The monoisotopic (exact) mass is 253 g/mol. The second kappa shape index (κ2) is 6.77. The number of fused-ring (bicyclic) bond motifs is 1. The van der Waals surface area contributed by atoms with Crippen molar-refractivity contribution in [2.45, 2.75) is 12.8 Å². The first-order valence-electron chi connectivity index (χ1n) is 6.06. The molecule has 0 bridgehead atoms. The van der Waals surface area contributed by atoms with Gasteiger partial charge in [0.2, 0.25) is 0 Å². The molecular formula is C13H19NO2S. The van der Waals surface area contributed by atoms with Crippen LogP contribution in [0.1, 0.15) is 12.0 Å². The predicted molar refractivity (Wildman–Crippen MR) is 72.1 cm³/mol. The smallest absolute Gasteiger partial charge is 0.161 e. The van der Waals surface area contributed by atoms with Crippen LogP contribution in [0.25, 0.3) is 0 Å². The van der Waals surface area contributed by atoms with Gasteiger partial charge in [-0.2, -0.15) is 11.8 Å². The highest BCUT2D eigenvalue weighted by Gasteiger charge is 2.10. The van der Waals surface area contributed by atoms with Crippen molar-refractivity contribution in [3.63, 3.8) is 0 Å². The molecule has 0 aliphatic carbocycles. The van der Waals surface area contributed by atoms with Crippen LogP contribution in [0.15, 0.2) is 18.2 Å². The van der Waals surface area contributed by atoms with Gasteiger partial charge in [0, 0.05) is 18.7 Å². The fourth-order valence-corrected chi connectivity index (χ4v) is 2.49. The molecule has 4 heteroatoms. The van der Waals surface area contributed by atoms with E-state index in [0.717, 1.165) is 55.6 Å². The van der Waals surface area contributed by atoms with Crippen molar-refractivity contribution >= 4 is 11.8 Å². The van der Waals surface area contributed by atoms with Crippen LogP contribution in [0, 0.1) is 0 Å². The van der Waals surface area contributed by atoms with E-state index in [4.69, 9.17) is 15.2 Å². The van der Waals surface area contributed by atoms with Crippen LogP contribution in [-0.4, -0.2) is 31.3 Å². The lowest BCUT2D eigenvalue weighted by molar-refractivity contribution is 0.297. The lowest BCUT2D eigenvalue weighted by atomic mass is 10.1. The summed E-state index contributed by atoms with van der Waals surface area (Å²) in [6.45, 7) is 2.25. The lowest BCUT2D eigenvalue weighted by Gasteiger charge is -2.09. The second-order valence-electron chi connectivity index (χ2n) is 3.98. The van der Waals surface area contributed by atoms with Gasteiger partial charge in [-0.3, -0.25) is 0 Å². The molecule has 0 unspecified atom stereocenters. The predicted octanol–water partition coefficient (Wildman–Crippen LogP) is 2.08. The van der Waals surface area contributed by atoms with Crippen LogP contribution >= 0.6 is 11.8 Å². The summed E-state index contributed by atoms with van der Waals surface area (Å²) in [5.74, 6) is 3.91. The summed E-state index contributed by atoms with van der Waals surface area (Å²) in [6.07, 6.45) is 2.01. The largest absolute Gasteiger partial charge is 0.490 e. The number of nitrogens with two attached hydrogens (primary N) is 1. The van der Waals surface area contributed by atoms with Gasteiger partial charge < -0.3 is 15.2 Å². The summed E-state index contributed by atoms with van der Waals surface area (Å²) in [7, 11) is 0. The molecule has 1 aliphatic heterocycles. The average molecular weight is 253 g/mol. The Morgan fingerprint density at radius 2 is 1.94 bits per heavy atom. The van der Waals surface area contributed by atoms with Gasteiger partial charge in [0.25, 0.3) is 0 Å². The van der Waals surface area contributed by atoms with Crippen molar-refractivity contribution in [3.05, 3.63) is 23.8 Å². The molecule has 94 valence electrons. The van der Waals surface area contributed by atoms with Crippen molar-refractivity contribution in [2.24, 2.45) is 5.73 Å². The Morgan fingerprint density at radius 1 is 1.12 bits per heavy atom. The van der Waals surface area contributed by atoms with Gasteiger partial charge in [-0.25, -0.2) is 0 Å². The molecule has 1 aliphatic rings. The molecule has 0 fully saturated rings. The first-order chi connectivity index (χ1) is 8.40. The van der Waals surface area contributed by atoms with Gasteiger partial charge in [-0.05, 0) is 29.9 Å². The SMILES string of the molecule is NCCSCCc1ccc2c(c1)OCCCO2. The maximum Gasteiger partial charge on any atom is 0.161 e. The van der Waals surface area contributed by atoms with E-state index in [9.17, 15) is 0 Å². The Bertz CT molecular complexity index is 357. The number of rotatable bonds is 5. The van der Waals surface area contributed by atoms with E-state index in [1.54, 1.807) is 0 Å². The maximum atomic E-state index is 5.66. The van der Waals surface area contributed by atoms with E-state index in [1.807, 2.05) is 17.8 Å².